The molecule has 0 aliphatic heterocycles. The van der Waals surface area contributed by atoms with Gasteiger partial charge in [-0.15, -0.1) is 0 Å². The Hall–Kier alpha value is -1.10. The summed E-state index contributed by atoms with van der Waals surface area (Å²) in [4.78, 5) is 19.8. The van der Waals surface area contributed by atoms with E-state index in [2.05, 4.69) is 9.97 Å². The predicted octanol–water partition coefficient (Wildman–Crippen LogP) is 2.99. The molecule has 0 spiro atoms. The molecule has 0 aliphatic rings. The van der Waals surface area contributed by atoms with E-state index in [1.807, 2.05) is 20.8 Å². The Bertz CT molecular complexity index is 435. The highest BCUT2D eigenvalue weighted by Gasteiger charge is 2.26. The van der Waals surface area contributed by atoms with Crippen LogP contribution in [0.25, 0.3) is 0 Å². The average molecular weight is 268 g/mol. The maximum absolute atomic E-state index is 11.0. The molecule has 100 valence electrons. The largest absolute Gasteiger partial charge is 0.481 e. The lowest BCUT2D eigenvalue weighted by Gasteiger charge is -2.18. The second-order valence-electron chi connectivity index (χ2n) is 5.09. The molecule has 0 saturated carbocycles. The molecular formula is C13H20N2O2S. The summed E-state index contributed by atoms with van der Waals surface area (Å²) < 4.78 is 0. The fourth-order valence-corrected chi connectivity index (χ4v) is 2.51. The molecule has 0 unspecified atom stereocenters. The standard InChI is InChI=1S/C13H20N2O2S/c1-8-9(2)14-12(15-10(8)3)18-7-6-13(4,5)11(16)17/h6-7H2,1-5H3,(H,16,17). The molecule has 5 heteroatoms. The van der Waals surface area contributed by atoms with Crippen LogP contribution in [0.4, 0.5) is 0 Å². The lowest BCUT2D eigenvalue weighted by molar-refractivity contribution is -0.146. The molecule has 0 saturated heterocycles. The second kappa shape index (κ2) is 5.69. The SMILES string of the molecule is Cc1nc(SCCC(C)(C)C(=O)O)nc(C)c1C. The van der Waals surface area contributed by atoms with Crippen LogP contribution in [-0.2, 0) is 4.79 Å². The van der Waals surface area contributed by atoms with Gasteiger partial charge in [-0.05, 0) is 46.6 Å². The van der Waals surface area contributed by atoms with E-state index in [4.69, 9.17) is 5.11 Å². The lowest BCUT2D eigenvalue weighted by Crippen LogP contribution is -2.24. The van der Waals surface area contributed by atoms with Gasteiger partial charge in [0.2, 0.25) is 0 Å². The summed E-state index contributed by atoms with van der Waals surface area (Å²) in [7, 11) is 0. The van der Waals surface area contributed by atoms with Gasteiger partial charge in [0.25, 0.3) is 0 Å². The van der Waals surface area contributed by atoms with Crippen LogP contribution in [0.15, 0.2) is 5.16 Å². The summed E-state index contributed by atoms with van der Waals surface area (Å²) >= 11 is 1.52. The van der Waals surface area contributed by atoms with Gasteiger partial charge in [-0.25, -0.2) is 9.97 Å². The third kappa shape index (κ3) is 3.70. The van der Waals surface area contributed by atoms with Crippen LogP contribution in [0.3, 0.4) is 0 Å². The molecule has 0 amide bonds. The molecule has 0 atom stereocenters. The molecule has 0 bridgehead atoms. The fraction of sp³-hybridized carbons (Fsp3) is 0.615. The Morgan fingerprint density at radius 3 is 2.17 bits per heavy atom. The zero-order chi connectivity index (χ0) is 13.9. The molecule has 4 nitrogen and oxygen atoms in total. The van der Waals surface area contributed by atoms with Crippen molar-refractivity contribution in [3.63, 3.8) is 0 Å². The monoisotopic (exact) mass is 268 g/mol. The van der Waals surface area contributed by atoms with Crippen LogP contribution in [0.5, 0.6) is 0 Å². The van der Waals surface area contributed by atoms with Crippen LogP contribution in [0.1, 0.15) is 37.2 Å². The summed E-state index contributed by atoms with van der Waals surface area (Å²) in [6, 6.07) is 0. The Kier molecular flexibility index (Phi) is 4.73. The van der Waals surface area contributed by atoms with E-state index in [-0.39, 0.29) is 0 Å². The smallest absolute Gasteiger partial charge is 0.309 e. The van der Waals surface area contributed by atoms with Gasteiger partial charge in [0.1, 0.15) is 0 Å². The van der Waals surface area contributed by atoms with E-state index in [1.165, 1.54) is 11.8 Å². The highest BCUT2D eigenvalue weighted by molar-refractivity contribution is 7.99. The summed E-state index contributed by atoms with van der Waals surface area (Å²) in [5.74, 6) is -0.0541. The van der Waals surface area contributed by atoms with E-state index in [1.54, 1.807) is 13.8 Å². The van der Waals surface area contributed by atoms with Gasteiger partial charge in [-0.1, -0.05) is 11.8 Å². The van der Waals surface area contributed by atoms with Crippen molar-refractivity contribution in [2.75, 3.05) is 5.75 Å². The number of carboxylic acid groups (broad SMARTS) is 1. The molecule has 1 aromatic heterocycles. The molecule has 0 aliphatic carbocycles. The third-order valence-corrected chi connectivity index (χ3v) is 4.00. The van der Waals surface area contributed by atoms with Gasteiger partial charge in [0.05, 0.1) is 5.41 Å². The number of thioether (sulfide) groups is 1. The first-order valence-corrected chi connectivity index (χ1v) is 6.90. The number of aliphatic carboxylic acids is 1. The highest BCUT2D eigenvalue weighted by atomic mass is 32.2. The van der Waals surface area contributed by atoms with Crippen molar-refractivity contribution in [2.24, 2.45) is 5.41 Å². The van der Waals surface area contributed by atoms with Crippen LogP contribution in [0.2, 0.25) is 0 Å². The van der Waals surface area contributed by atoms with E-state index >= 15 is 0 Å². The van der Waals surface area contributed by atoms with Gasteiger partial charge < -0.3 is 5.11 Å². The summed E-state index contributed by atoms with van der Waals surface area (Å²) in [5.41, 5.74) is 2.40. The van der Waals surface area contributed by atoms with E-state index in [0.29, 0.717) is 12.2 Å². The zero-order valence-corrected chi connectivity index (χ0v) is 12.4. The molecule has 0 aromatic carbocycles. The van der Waals surface area contributed by atoms with Gasteiger partial charge in [-0.2, -0.15) is 0 Å². The number of rotatable bonds is 5. The van der Waals surface area contributed by atoms with Crippen molar-refractivity contribution in [1.82, 2.24) is 9.97 Å². The van der Waals surface area contributed by atoms with Crippen molar-refractivity contribution in [3.8, 4) is 0 Å². The summed E-state index contributed by atoms with van der Waals surface area (Å²) in [5, 5.41) is 9.76. The van der Waals surface area contributed by atoms with E-state index < -0.39 is 11.4 Å². The minimum absolute atomic E-state index is 0.600. The molecule has 0 fully saturated rings. The highest BCUT2D eigenvalue weighted by Crippen LogP contribution is 2.25. The second-order valence-corrected chi connectivity index (χ2v) is 6.15. The number of hydrogen-bond donors (Lipinski definition) is 1. The lowest BCUT2D eigenvalue weighted by atomic mass is 9.91. The number of carbonyl (C=O) groups is 1. The van der Waals surface area contributed by atoms with Gasteiger partial charge in [0, 0.05) is 17.1 Å². The summed E-state index contributed by atoms with van der Waals surface area (Å²) in [6.45, 7) is 9.42. The van der Waals surface area contributed by atoms with Crippen molar-refractivity contribution >= 4 is 17.7 Å². The van der Waals surface area contributed by atoms with E-state index in [9.17, 15) is 4.79 Å². The normalized spacial score (nSPS) is 11.6. The maximum atomic E-state index is 11.0. The Morgan fingerprint density at radius 2 is 1.72 bits per heavy atom. The quantitative estimate of drug-likeness (QED) is 0.657. The average Bonchev–Trinajstić information content (AvgIpc) is 2.25. The van der Waals surface area contributed by atoms with Crippen molar-refractivity contribution in [3.05, 3.63) is 17.0 Å². The number of aryl methyl sites for hydroxylation is 2. The molecule has 0 radical (unpaired) electrons. The first-order valence-electron chi connectivity index (χ1n) is 5.92. The minimum atomic E-state index is -0.764. The van der Waals surface area contributed by atoms with Crippen molar-refractivity contribution in [1.29, 1.82) is 0 Å². The van der Waals surface area contributed by atoms with Gasteiger partial charge in [-0.3, -0.25) is 4.79 Å². The summed E-state index contributed by atoms with van der Waals surface area (Å²) in [6.07, 6.45) is 0.600. The topological polar surface area (TPSA) is 63.1 Å². The number of aromatic nitrogens is 2. The first-order chi connectivity index (χ1) is 8.24. The molecular weight excluding hydrogens is 248 g/mol. The fourth-order valence-electron chi connectivity index (χ4n) is 1.31. The molecule has 1 N–H and O–H groups in total. The van der Waals surface area contributed by atoms with Crippen LogP contribution in [-0.4, -0.2) is 26.8 Å². The number of nitrogens with zero attached hydrogens (tertiary/aromatic N) is 2. The van der Waals surface area contributed by atoms with E-state index in [0.717, 1.165) is 22.1 Å². The third-order valence-electron chi connectivity index (χ3n) is 3.15. The zero-order valence-electron chi connectivity index (χ0n) is 11.6. The van der Waals surface area contributed by atoms with Crippen LogP contribution >= 0.6 is 11.8 Å². The molecule has 1 heterocycles. The van der Waals surface area contributed by atoms with Gasteiger partial charge in [0.15, 0.2) is 5.16 Å². The molecule has 18 heavy (non-hydrogen) atoms. The molecule has 1 rings (SSSR count). The number of carboxylic acids is 1. The van der Waals surface area contributed by atoms with Crippen LogP contribution in [0, 0.1) is 26.2 Å². The Morgan fingerprint density at radius 1 is 1.22 bits per heavy atom. The first kappa shape index (κ1) is 15.0. The predicted molar refractivity (Wildman–Crippen MR) is 73.0 cm³/mol. The van der Waals surface area contributed by atoms with Crippen molar-refractivity contribution < 1.29 is 9.90 Å². The minimum Gasteiger partial charge on any atom is -0.481 e. The molecule has 1 aromatic rings. The number of hydrogen-bond acceptors (Lipinski definition) is 4. The Balaban J connectivity index is 2.63. The van der Waals surface area contributed by atoms with Gasteiger partial charge >= 0.3 is 5.97 Å². The maximum Gasteiger partial charge on any atom is 0.309 e. The Labute approximate surface area is 112 Å². The van der Waals surface area contributed by atoms with Crippen molar-refractivity contribution in [2.45, 2.75) is 46.2 Å². The van der Waals surface area contributed by atoms with Crippen LogP contribution < -0.4 is 0 Å².